The summed E-state index contributed by atoms with van der Waals surface area (Å²) in [6.45, 7) is 2.72. The molecule has 7 heteroatoms. The number of halogens is 2. The molecule has 1 atom stereocenters. The van der Waals surface area contributed by atoms with E-state index in [-0.39, 0.29) is 6.04 Å². The van der Waals surface area contributed by atoms with Crippen LogP contribution in [0.3, 0.4) is 0 Å². The lowest BCUT2D eigenvalue weighted by Gasteiger charge is -2.13. The van der Waals surface area contributed by atoms with Gasteiger partial charge in [0.25, 0.3) is 0 Å². The van der Waals surface area contributed by atoms with Gasteiger partial charge in [0.2, 0.25) is 0 Å². The molecule has 1 unspecified atom stereocenters. The number of aryl methyl sites for hydroxylation is 1. The van der Waals surface area contributed by atoms with Crippen molar-refractivity contribution >= 4 is 31.9 Å². The predicted octanol–water partition coefficient (Wildman–Crippen LogP) is 2.59. The van der Waals surface area contributed by atoms with Crippen molar-refractivity contribution in [1.82, 2.24) is 25.1 Å². The van der Waals surface area contributed by atoms with Crippen molar-refractivity contribution in [2.75, 3.05) is 0 Å². The largest absolute Gasteiger partial charge is 0.319 e. The molecule has 0 aliphatic heterocycles. The highest BCUT2D eigenvalue weighted by molar-refractivity contribution is 9.11. The van der Waals surface area contributed by atoms with E-state index in [9.17, 15) is 0 Å². The summed E-state index contributed by atoms with van der Waals surface area (Å²) in [5.74, 6) is 0.906. The van der Waals surface area contributed by atoms with Crippen molar-refractivity contribution in [3.63, 3.8) is 0 Å². The maximum absolute atomic E-state index is 4.35. The minimum atomic E-state index is 0.120. The van der Waals surface area contributed by atoms with E-state index in [1.165, 1.54) is 0 Å². The molecular weight excluding hydrogens is 362 g/mol. The van der Waals surface area contributed by atoms with Crippen LogP contribution in [0.2, 0.25) is 0 Å². The zero-order valence-electron chi connectivity index (χ0n) is 10.1. The summed E-state index contributed by atoms with van der Waals surface area (Å²) in [5, 5.41) is 11.3. The van der Waals surface area contributed by atoms with Gasteiger partial charge in [-0.3, -0.25) is 4.98 Å². The standard InChI is InChI=1S/C11H13Br2N5/c1-7(11-17-16-6-18(11)2)14-5-10-9(13)3-8(12)4-15-10/h3-4,6-7,14H,5H2,1-2H3. The van der Waals surface area contributed by atoms with Crippen molar-refractivity contribution in [2.24, 2.45) is 7.05 Å². The molecule has 18 heavy (non-hydrogen) atoms. The number of hydrogen-bond donors (Lipinski definition) is 1. The van der Waals surface area contributed by atoms with Gasteiger partial charge in [-0.25, -0.2) is 0 Å². The number of hydrogen-bond acceptors (Lipinski definition) is 4. The quantitative estimate of drug-likeness (QED) is 0.893. The van der Waals surface area contributed by atoms with Crippen LogP contribution < -0.4 is 5.32 Å². The lowest BCUT2D eigenvalue weighted by molar-refractivity contribution is 0.523. The molecule has 96 valence electrons. The van der Waals surface area contributed by atoms with E-state index in [1.807, 2.05) is 17.7 Å². The first-order valence-corrected chi connectivity index (χ1v) is 7.03. The average Bonchev–Trinajstić information content (AvgIpc) is 2.74. The van der Waals surface area contributed by atoms with Crippen molar-refractivity contribution in [1.29, 1.82) is 0 Å². The maximum Gasteiger partial charge on any atom is 0.149 e. The van der Waals surface area contributed by atoms with Gasteiger partial charge in [-0.05, 0) is 44.8 Å². The molecule has 2 heterocycles. The molecule has 2 aromatic rings. The SMILES string of the molecule is CC(NCc1ncc(Br)cc1Br)c1nncn1C. The van der Waals surface area contributed by atoms with Crippen LogP contribution in [0.15, 0.2) is 27.5 Å². The fourth-order valence-corrected chi connectivity index (χ4v) is 2.73. The fourth-order valence-electron chi connectivity index (χ4n) is 1.60. The zero-order valence-corrected chi connectivity index (χ0v) is 13.2. The third-order valence-electron chi connectivity index (χ3n) is 2.59. The van der Waals surface area contributed by atoms with E-state index < -0.39 is 0 Å². The summed E-state index contributed by atoms with van der Waals surface area (Å²) in [7, 11) is 1.93. The summed E-state index contributed by atoms with van der Waals surface area (Å²) < 4.78 is 3.84. The number of nitrogens with zero attached hydrogens (tertiary/aromatic N) is 4. The first kappa shape index (κ1) is 13.6. The van der Waals surface area contributed by atoms with E-state index in [4.69, 9.17) is 0 Å². The normalized spacial score (nSPS) is 12.7. The highest BCUT2D eigenvalue weighted by Crippen LogP contribution is 2.20. The van der Waals surface area contributed by atoms with Crippen LogP contribution in [-0.4, -0.2) is 19.7 Å². The molecule has 0 bridgehead atoms. The summed E-state index contributed by atoms with van der Waals surface area (Å²) >= 11 is 6.88. The second kappa shape index (κ2) is 5.90. The Kier molecular flexibility index (Phi) is 4.47. The molecular formula is C11H13Br2N5. The topological polar surface area (TPSA) is 55.6 Å². The van der Waals surface area contributed by atoms with Crippen LogP contribution in [-0.2, 0) is 13.6 Å². The summed E-state index contributed by atoms with van der Waals surface area (Å²) in [6.07, 6.45) is 3.48. The zero-order chi connectivity index (χ0) is 13.1. The smallest absolute Gasteiger partial charge is 0.149 e. The molecule has 2 rings (SSSR count). The second-order valence-corrected chi connectivity index (χ2v) is 5.75. The van der Waals surface area contributed by atoms with Crippen LogP contribution in [0.1, 0.15) is 24.5 Å². The summed E-state index contributed by atoms with van der Waals surface area (Å²) in [6, 6.07) is 2.10. The van der Waals surface area contributed by atoms with Crippen LogP contribution >= 0.6 is 31.9 Å². The van der Waals surface area contributed by atoms with Gasteiger partial charge in [0, 0.05) is 28.7 Å². The number of aromatic nitrogens is 4. The van der Waals surface area contributed by atoms with Gasteiger partial charge in [0.1, 0.15) is 12.2 Å². The summed E-state index contributed by atoms with van der Waals surface area (Å²) in [5.41, 5.74) is 0.965. The predicted molar refractivity (Wildman–Crippen MR) is 75.9 cm³/mol. The van der Waals surface area contributed by atoms with Gasteiger partial charge < -0.3 is 9.88 Å². The molecule has 5 nitrogen and oxygen atoms in total. The van der Waals surface area contributed by atoms with Crippen LogP contribution in [0.4, 0.5) is 0 Å². The van der Waals surface area contributed by atoms with Gasteiger partial charge in [-0.2, -0.15) is 0 Å². The van der Waals surface area contributed by atoms with Crippen LogP contribution in [0.5, 0.6) is 0 Å². The Labute approximate surface area is 122 Å². The number of rotatable bonds is 4. The highest BCUT2D eigenvalue weighted by Gasteiger charge is 2.11. The minimum absolute atomic E-state index is 0.120. The molecule has 0 aliphatic rings. The molecule has 0 saturated heterocycles. The van der Waals surface area contributed by atoms with Crippen LogP contribution in [0.25, 0.3) is 0 Å². The van der Waals surface area contributed by atoms with E-state index in [0.29, 0.717) is 6.54 Å². The van der Waals surface area contributed by atoms with Crippen molar-refractivity contribution in [3.8, 4) is 0 Å². The van der Waals surface area contributed by atoms with E-state index >= 15 is 0 Å². The first-order valence-electron chi connectivity index (χ1n) is 5.45. The third kappa shape index (κ3) is 3.15. The molecule has 0 fully saturated rings. The van der Waals surface area contributed by atoms with Crippen LogP contribution in [0, 0.1) is 0 Å². The maximum atomic E-state index is 4.35. The molecule has 2 aromatic heterocycles. The Morgan fingerprint density at radius 3 is 2.83 bits per heavy atom. The van der Waals surface area contributed by atoms with Gasteiger partial charge in [0.05, 0.1) is 11.7 Å². The average molecular weight is 375 g/mol. The Morgan fingerprint density at radius 1 is 1.44 bits per heavy atom. The van der Waals surface area contributed by atoms with Gasteiger partial charge in [-0.1, -0.05) is 0 Å². The third-order valence-corrected chi connectivity index (χ3v) is 3.71. The highest BCUT2D eigenvalue weighted by atomic mass is 79.9. The lowest BCUT2D eigenvalue weighted by Crippen LogP contribution is -2.21. The van der Waals surface area contributed by atoms with Crippen molar-refractivity contribution < 1.29 is 0 Å². The Balaban J connectivity index is 2.01. The molecule has 0 spiro atoms. The van der Waals surface area contributed by atoms with Gasteiger partial charge in [-0.15, -0.1) is 10.2 Å². The Bertz CT molecular complexity index is 540. The number of nitrogens with one attached hydrogen (secondary N) is 1. The minimum Gasteiger partial charge on any atom is -0.319 e. The number of pyridine rings is 1. The summed E-state index contributed by atoms with van der Waals surface area (Å²) in [4.78, 5) is 4.35. The van der Waals surface area contributed by atoms with Crippen molar-refractivity contribution in [2.45, 2.75) is 19.5 Å². The fraction of sp³-hybridized carbons (Fsp3) is 0.364. The van der Waals surface area contributed by atoms with Crippen molar-refractivity contribution in [3.05, 3.63) is 39.1 Å². The monoisotopic (exact) mass is 373 g/mol. The molecule has 1 N–H and O–H groups in total. The molecule has 0 saturated carbocycles. The van der Waals surface area contributed by atoms with E-state index in [2.05, 4.69) is 59.3 Å². The Morgan fingerprint density at radius 2 is 2.22 bits per heavy atom. The lowest BCUT2D eigenvalue weighted by atomic mass is 10.3. The van der Waals surface area contributed by atoms with E-state index in [1.54, 1.807) is 12.5 Å². The van der Waals surface area contributed by atoms with Gasteiger partial charge >= 0.3 is 0 Å². The Hall–Kier alpha value is -0.790. The first-order chi connectivity index (χ1) is 8.58. The molecule has 0 amide bonds. The molecule has 0 aromatic carbocycles. The molecule has 0 radical (unpaired) electrons. The van der Waals surface area contributed by atoms with Gasteiger partial charge in [0.15, 0.2) is 0 Å². The molecule has 0 aliphatic carbocycles. The van der Waals surface area contributed by atoms with E-state index in [0.717, 1.165) is 20.5 Å². The second-order valence-electron chi connectivity index (χ2n) is 3.98.